The number of nitrogens with one attached hydrogen (secondary N) is 1. The topological polar surface area (TPSA) is 17.0 Å². The molecule has 1 aromatic heterocycles. The third-order valence-electron chi connectivity index (χ3n) is 4.72. The number of aromatic nitrogens is 1. The van der Waals surface area contributed by atoms with Crippen LogP contribution in [0.25, 0.3) is 0 Å². The summed E-state index contributed by atoms with van der Waals surface area (Å²) in [5.74, 6) is 0.902. The summed E-state index contributed by atoms with van der Waals surface area (Å²) in [7, 11) is 0. The van der Waals surface area contributed by atoms with E-state index in [1.165, 1.54) is 42.6 Å². The molecule has 0 unspecified atom stereocenters. The molecule has 1 fully saturated rings. The standard InChI is InChI=1S/C16H28N2/c1-5-18-12(2)10-16(14(18)4)11-17-13(3)15-8-6-7-9-15/h10,13,15,17H,5-9,11H2,1-4H3/t13-/m0/s1. The Bertz CT molecular complexity index is 386. The minimum Gasteiger partial charge on any atom is -0.349 e. The number of hydrogen-bond donors (Lipinski definition) is 1. The van der Waals surface area contributed by atoms with Crippen LogP contribution in [0.15, 0.2) is 6.07 Å². The van der Waals surface area contributed by atoms with Gasteiger partial charge in [-0.05, 0) is 58.1 Å². The Kier molecular flexibility index (Phi) is 4.50. The molecule has 0 radical (unpaired) electrons. The average Bonchev–Trinajstić information content (AvgIpc) is 2.95. The third-order valence-corrected chi connectivity index (χ3v) is 4.72. The van der Waals surface area contributed by atoms with Gasteiger partial charge in [-0.25, -0.2) is 0 Å². The summed E-state index contributed by atoms with van der Waals surface area (Å²) in [6.45, 7) is 11.1. The van der Waals surface area contributed by atoms with E-state index in [-0.39, 0.29) is 0 Å². The van der Waals surface area contributed by atoms with Crippen molar-refractivity contribution >= 4 is 0 Å². The molecule has 1 aliphatic carbocycles. The predicted octanol–water partition coefficient (Wildman–Crippen LogP) is 3.79. The highest BCUT2D eigenvalue weighted by molar-refractivity contribution is 5.26. The van der Waals surface area contributed by atoms with E-state index in [9.17, 15) is 0 Å². The molecule has 1 aliphatic rings. The second-order valence-corrected chi connectivity index (χ2v) is 5.85. The van der Waals surface area contributed by atoms with Gasteiger partial charge in [0.25, 0.3) is 0 Å². The van der Waals surface area contributed by atoms with E-state index in [0.717, 1.165) is 19.0 Å². The van der Waals surface area contributed by atoms with Gasteiger partial charge in [-0.3, -0.25) is 0 Å². The average molecular weight is 248 g/mol. The van der Waals surface area contributed by atoms with Crippen LogP contribution in [-0.4, -0.2) is 10.6 Å². The van der Waals surface area contributed by atoms with Crippen molar-refractivity contribution in [1.29, 1.82) is 0 Å². The van der Waals surface area contributed by atoms with Crippen molar-refractivity contribution < 1.29 is 0 Å². The SMILES string of the molecule is CCn1c(C)cc(CN[C@@H](C)C2CCCC2)c1C. The normalized spacial score (nSPS) is 18.4. The van der Waals surface area contributed by atoms with E-state index < -0.39 is 0 Å². The second-order valence-electron chi connectivity index (χ2n) is 5.85. The van der Waals surface area contributed by atoms with Gasteiger partial charge >= 0.3 is 0 Å². The molecule has 1 atom stereocenters. The van der Waals surface area contributed by atoms with Gasteiger partial charge in [0.2, 0.25) is 0 Å². The fraction of sp³-hybridized carbons (Fsp3) is 0.750. The Morgan fingerprint density at radius 3 is 2.56 bits per heavy atom. The molecule has 18 heavy (non-hydrogen) atoms. The molecule has 2 heteroatoms. The van der Waals surface area contributed by atoms with Gasteiger partial charge < -0.3 is 9.88 Å². The summed E-state index contributed by atoms with van der Waals surface area (Å²) in [5.41, 5.74) is 4.29. The molecule has 2 nitrogen and oxygen atoms in total. The number of hydrogen-bond acceptors (Lipinski definition) is 1. The molecule has 102 valence electrons. The summed E-state index contributed by atoms with van der Waals surface area (Å²) < 4.78 is 2.40. The fourth-order valence-electron chi connectivity index (χ4n) is 3.43. The molecule has 0 aromatic carbocycles. The molecule has 0 saturated heterocycles. The van der Waals surface area contributed by atoms with Gasteiger partial charge in [0, 0.05) is 30.5 Å². The van der Waals surface area contributed by atoms with Crippen molar-refractivity contribution in [2.45, 2.75) is 72.5 Å². The van der Waals surface area contributed by atoms with Gasteiger partial charge in [-0.2, -0.15) is 0 Å². The number of nitrogens with zero attached hydrogens (tertiary/aromatic N) is 1. The number of rotatable bonds is 5. The highest BCUT2D eigenvalue weighted by Gasteiger charge is 2.21. The van der Waals surface area contributed by atoms with Gasteiger partial charge in [-0.15, -0.1) is 0 Å². The van der Waals surface area contributed by atoms with E-state index in [2.05, 4.69) is 43.6 Å². The van der Waals surface area contributed by atoms with E-state index in [1.807, 2.05) is 0 Å². The first-order valence-corrected chi connectivity index (χ1v) is 7.52. The van der Waals surface area contributed by atoms with Crippen LogP contribution in [-0.2, 0) is 13.1 Å². The molecule has 0 spiro atoms. The van der Waals surface area contributed by atoms with Crippen molar-refractivity contribution in [3.05, 3.63) is 23.0 Å². The van der Waals surface area contributed by atoms with Crippen molar-refractivity contribution in [3.8, 4) is 0 Å². The first-order chi connectivity index (χ1) is 8.63. The molecule has 0 bridgehead atoms. The zero-order valence-corrected chi connectivity index (χ0v) is 12.4. The summed E-state index contributed by atoms with van der Waals surface area (Å²) >= 11 is 0. The molecule has 1 saturated carbocycles. The Labute approximate surface area is 112 Å². The van der Waals surface area contributed by atoms with Crippen LogP contribution >= 0.6 is 0 Å². The van der Waals surface area contributed by atoms with E-state index in [1.54, 1.807) is 0 Å². The largest absolute Gasteiger partial charge is 0.349 e. The van der Waals surface area contributed by atoms with E-state index in [4.69, 9.17) is 0 Å². The van der Waals surface area contributed by atoms with Crippen LogP contribution in [0.3, 0.4) is 0 Å². The molecule has 1 N–H and O–H groups in total. The zero-order valence-electron chi connectivity index (χ0n) is 12.4. The smallest absolute Gasteiger partial charge is 0.0225 e. The fourth-order valence-corrected chi connectivity index (χ4v) is 3.43. The monoisotopic (exact) mass is 248 g/mol. The lowest BCUT2D eigenvalue weighted by atomic mass is 9.99. The third kappa shape index (κ3) is 2.80. The second kappa shape index (κ2) is 5.92. The Morgan fingerprint density at radius 1 is 1.33 bits per heavy atom. The minimum atomic E-state index is 0.664. The quantitative estimate of drug-likeness (QED) is 0.839. The number of aryl methyl sites for hydroxylation is 1. The van der Waals surface area contributed by atoms with Crippen LogP contribution in [0.5, 0.6) is 0 Å². The maximum absolute atomic E-state index is 3.73. The summed E-state index contributed by atoms with van der Waals surface area (Å²) in [6.07, 6.45) is 5.70. The van der Waals surface area contributed by atoms with Gasteiger partial charge in [0.1, 0.15) is 0 Å². The lowest BCUT2D eigenvalue weighted by Gasteiger charge is -2.20. The van der Waals surface area contributed by atoms with Gasteiger partial charge in [0.15, 0.2) is 0 Å². The van der Waals surface area contributed by atoms with Gasteiger partial charge in [0.05, 0.1) is 0 Å². The first kappa shape index (κ1) is 13.7. The summed E-state index contributed by atoms with van der Waals surface area (Å²) in [4.78, 5) is 0. The van der Waals surface area contributed by atoms with E-state index >= 15 is 0 Å². The van der Waals surface area contributed by atoms with Crippen molar-refractivity contribution in [2.75, 3.05) is 0 Å². The summed E-state index contributed by atoms with van der Waals surface area (Å²) in [6, 6.07) is 3.00. The van der Waals surface area contributed by atoms with Crippen LogP contribution in [0, 0.1) is 19.8 Å². The van der Waals surface area contributed by atoms with Crippen LogP contribution in [0.2, 0.25) is 0 Å². The van der Waals surface area contributed by atoms with Crippen molar-refractivity contribution in [1.82, 2.24) is 9.88 Å². The maximum Gasteiger partial charge on any atom is 0.0225 e. The van der Waals surface area contributed by atoms with Crippen LogP contribution < -0.4 is 5.32 Å². The molecule has 2 rings (SSSR count). The molecule has 0 aliphatic heterocycles. The van der Waals surface area contributed by atoms with E-state index in [0.29, 0.717) is 6.04 Å². The predicted molar refractivity (Wildman–Crippen MR) is 77.8 cm³/mol. The lowest BCUT2D eigenvalue weighted by molar-refractivity contribution is 0.380. The Balaban J connectivity index is 1.93. The highest BCUT2D eigenvalue weighted by Crippen LogP contribution is 2.27. The molecule has 0 amide bonds. The van der Waals surface area contributed by atoms with Crippen LogP contribution in [0.4, 0.5) is 0 Å². The first-order valence-electron chi connectivity index (χ1n) is 7.52. The Morgan fingerprint density at radius 2 is 2.00 bits per heavy atom. The molecule has 1 aromatic rings. The molecular weight excluding hydrogens is 220 g/mol. The summed E-state index contributed by atoms with van der Waals surface area (Å²) in [5, 5.41) is 3.73. The highest BCUT2D eigenvalue weighted by atomic mass is 15.0. The van der Waals surface area contributed by atoms with Gasteiger partial charge in [-0.1, -0.05) is 12.8 Å². The zero-order chi connectivity index (χ0) is 13.1. The maximum atomic E-state index is 3.73. The molecule has 1 heterocycles. The Hall–Kier alpha value is -0.760. The minimum absolute atomic E-state index is 0.664. The molecular formula is C16H28N2. The van der Waals surface area contributed by atoms with Crippen molar-refractivity contribution in [3.63, 3.8) is 0 Å². The lowest BCUT2D eigenvalue weighted by Crippen LogP contribution is -2.31. The van der Waals surface area contributed by atoms with Crippen molar-refractivity contribution in [2.24, 2.45) is 5.92 Å². The van der Waals surface area contributed by atoms with Crippen LogP contribution in [0.1, 0.15) is 56.5 Å².